The monoisotopic (exact) mass is 314 g/mol. The number of amides is 1. The summed E-state index contributed by atoms with van der Waals surface area (Å²) in [5.74, 6) is -0.665. The van der Waals surface area contributed by atoms with E-state index in [0.717, 1.165) is 12.1 Å². The Morgan fingerprint density at radius 2 is 1.86 bits per heavy atom. The molecule has 0 atom stereocenters. The summed E-state index contributed by atoms with van der Waals surface area (Å²) in [6.07, 6.45) is -4.50. The largest absolute Gasteiger partial charge is 0.416 e. The summed E-state index contributed by atoms with van der Waals surface area (Å²) >= 11 is 5.80. The van der Waals surface area contributed by atoms with Gasteiger partial charge >= 0.3 is 6.18 Å². The van der Waals surface area contributed by atoms with Crippen molar-refractivity contribution in [1.29, 1.82) is 0 Å². The van der Waals surface area contributed by atoms with E-state index in [2.05, 4.69) is 5.32 Å². The lowest BCUT2D eigenvalue weighted by Crippen LogP contribution is -2.14. The van der Waals surface area contributed by atoms with Gasteiger partial charge in [0.2, 0.25) is 0 Å². The van der Waals surface area contributed by atoms with Crippen LogP contribution in [0.4, 0.5) is 24.5 Å². The molecule has 0 saturated heterocycles. The first-order chi connectivity index (χ1) is 9.77. The quantitative estimate of drug-likeness (QED) is 0.816. The molecule has 0 bridgehead atoms. The second-order valence-corrected chi connectivity index (χ2v) is 4.68. The number of rotatable bonds is 2. The molecule has 2 aromatic carbocycles. The molecule has 3 N–H and O–H groups in total. The average molecular weight is 315 g/mol. The summed E-state index contributed by atoms with van der Waals surface area (Å²) in [5.41, 5.74) is 5.23. The number of carbonyl (C=O) groups is 1. The number of carbonyl (C=O) groups excluding carboxylic acids is 1. The van der Waals surface area contributed by atoms with E-state index in [1.807, 2.05) is 0 Å². The van der Waals surface area contributed by atoms with E-state index in [0.29, 0.717) is 11.4 Å². The minimum absolute atomic E-state index is 0.0993. The molecule has 0 heterocycles. The normalized spacial score (nSPS) is 11.2. The molecule has 0 spiro atoms. The van der Waals surface area contributed by atoms with Crippen LogP contribution < -0.4 is 11.1 Å². The molecule has 0 aliphatic heterocycles. The van der Waals surface area contributed by atoms with Gasteiger partial charge in [-0.1, -0.05) is 17.7 Å². The Balaban J connectivity index is 2.22. The molecule has 1 amide bonds. The fourth-order valence-electron chi connectivity index (χ4n) is 1.64. The van der Waals surface area contributed by atoms with Crippen LogP contribution in [0.25, 0.3) is 0 Å². The van der Waals surface area contributed by atoms with Gasteiger partial charge in [0.05, 0.1) is 16.3 Å². The van der Waals surface area contributed by atoms with Crippen LogP contribution in [0.2, 0.25) is 5.02 Å². The van der Waals surface area contributed by atoms with Crippen molar-refractivity contribution in [2.24, 2.45) is 0 Å². The Bertz CT molecular complexity index is 686. The Morgan fingerprint density at radius 1 is 1.14 bits per heavy atom. The van der Waals surface area contributed by atoms with Crippen LogP contribution in [0.5, 0.6) is 0 Å². The lowest BCUT2D eigenvalue weighted by molar-refractivity contribution is -0.137. The number of nitrogens with two attached hydrogens (primary N) is 1. The van der Waals surface area contributed by atoms with Crippen LogP contribution >= 0.6 is 11.6 Å². The molecule has 0 fully saturated rings. The molecule has 0 aromatic heterocycles. The maximum absolute atomic E-state index is 12.6. The number of alkyl halides is 3. The standard InChI is InChI=1S/C14H10ClF3N2O/c15-11-7-10(4-5-12(11)19)20-13(21)8-2-1-3-9(6-8)14(16,17)18/h1-7H,19H2,(H,20,21). The van der Waals surface area contributed by atoms with E-state index < -0.39 is 17.6 Å². The van der Waals surface area contributed by atoms with E-state index >= 15 is 0 Å². The van der Waals surface area contributed by atoms with Crippen LogP contribution in [0.1, 0.15) is 15.9 Å². The van der Waals surface area contributed by atoms with Gasteiger partial charge in [0.1, 0.15) is 0 Å². The predicted molar refractivity (Wildman–Crippen MR) is 75.3 cm³/mol. The van der Waals surface area contributed by atoms with E-state index in [1.165, 1.54) is 30.3 Å². The zero-order valence-electron chi connectivity index (χ0n) is 10.5. The SMILES string of the molecule is Nc1ccc(NC(=O)c2cccc(C(F)(F)F)c2)cc1Cl. The van der Waals surface area contributed by atoms with Gasteiger partial charge in [-0.2, -0.15) is 13.2 Å². The second-order valence-electron chi connectivity index (χ2n) is 4.27. The summed E-state index contributed by atoms with van der Waals surface area (Å²) in [7, 11) is 0. The Labute approximate surface area is 123 Å². The van der Waals surface area contributed by atoms with Gasteiger partial charge in [-0.15, -0.1) is 0 Å². The van der Waals surface area contributed by atoms with Gasteiger partial charge < -0.3 is 11.1 Å². The number of halogens is 4. The van der Waals surface area contributed by atoms with Crippen molar-refractivity contribution in [2.75, 3.05) is 11.1 Å². The summed E-state index contributed by atoms with van der Waals surface area (Å²) in [6.45, 7) is 0. The summed E-state index contributed by atoms with van der Waals surface area (Å²) in [4.78, 5) is 11.9. The zero-order chi connectivity index (χ0) is 15.6. The van der Waals surface area contributed by atoms with Crippen molar-refractivity contribution < 1.29 is 18.0 Å². The molecule has 0 aliphatic carbocycles. The first-order valence-electron chi connectivity index (χ1n) is 5.81. The summed E-state index contributed by atoms with van der Waals surface area (Å²) in [5, 5.41) is 2.71. The molecule has 21 heavy (non-hydrogen) atoms. The highest BCUT2D eigenvalue weighted by atomic mass is 35.5. The first-order valence-corrected chi connectivity index (χ1v) is 6.19. The third kappa shape index (κ3) is 3.66. The van der Waals surface area contributed by atoms with Gasteiger partial charge in [-0.3, -0.25) is 4.79 Å². The molecule has 3 nitrogen and oxygen atoms in total. The van der Waals surface area contributed by atoms with Crippen molar-refractivity contribution >= 4 is 28.9 Å². The molecule has 0 aliphatic rings. The highest BCUT2D eigenvalue weighted by Crippen LogP contribution is 2.30. The maximum atomic E-state index is 12.6. The molecular weight excluding hydrogens is 305 g/mol. The highest BCUT2D eigenvalue weighted by Gasteiger charge is 2.30. The maximum Gasteiger partial charge on any atom is 0.416 e. The number of anilines is 2. The van der Waals surface area contributed by atoms with Crippen LogP contribution in [-0.2, 0) is 6.18 Å². The summed E-state index contributed by atoms with van der Waals surface area (Å²) in [6, 6.07) is 8.57. The van der Waals surface area contributed by atoms with Crippen LogP contribution in [0, 0.1) is 0 Å². The van der Waals surface area contributed by atoms with Gasteiger partial charge in [0.25, 0.3) is 5.91 Å². The topological polar surface area (TPSA) is 55.1 Å². The third-order valence-electron chi connectivity index (χ3n) is 2.71. The van der Waals surface area contributed by atoms with Gasteiger partial charge in [0.15, 0.2) is 0 Å². The Hall–Kier alpha value is -2.21. The molecule has 110 valence electrons. The molecule has 2 rings (SSSR count). The fourth-order valence-corrected chi connectivity index (χ4v) is 1.83. The number of nitrogen functional groups attached to an aromatic ring is 1. The molecule has 7 heteroatoms. The predicted octanol–water partition coefficient (Wildman–Crippen LogP) is 4.19. The minimum atomic E-state index is -4.50. The fraction of sp³-hybridized carbons (Fsp3) is 0.0714. The summed E-state index contributed by atoms with van der Waals surface area (Å²) < 4.78 is 37.8. The Kier molecular flexibility index (Phi) is 4.09. The zero-order valence-corrected chi connectivity index (χ0v) is 11.3. The second kappa shape index (κ2) is 5.65. The number of benzene rings is 2. The number of hydrogen-bond acceptors (Lipinski definition) is 2. The van der Waals surface area contributed by atoms with Crippen molar-refractivity contribution in [3.63, 3.8) is 0 Å². The molecule has 0 unspecified atom stereocenters. The smallest absolute Gasteiger partial charge is 0.398 e. The third-order valence-corrected chi connectivity index (χ3v) is 3.04. The highest BCUT2D eigenvalue weighted by molar-refractivity contribution is 6.33. The average Bonchev–Trinajstić information content (AvgIpc) is 2.42. The molecule has 0 radical (unpaired) electrons. The van der Waals surface area contributed by atoms with Gasteiger partial charge in [-0.05, 0) is 36.4 Å². The van der Waals surface area contributed by atoms with E-state index in [1.54, 1.807) is 0 Å². The van der Waals surface area contributed by atoms with E-state index in [9.17, 15) is 18.0 Å². The lowest BCUT2D eigenvalue weighted by atomic mass is 10.1. The lowest BCUT2D eigenvalue weighted by Gasteiger charge is -2.10. The van der Waals surface area contributed by atoms with Crippen molar-refractivity contribution in [1.82, 2.24) is 0 Å². The molecular formula is C14H10ClF3N2O. The number of hydrogen-bond donors (Lipinski definition) is 2. The minimum Gasteiger partial charge on any atom is -0.398 e. The van der Waals surface area contributed by atoms with E-state index in [4.69, 9.17) is 17.3 Å². The number of nitrogens with one attached hydrogen (secondary N) is 1. The van der Waals surface area contributed by atoms with Gasteiger partial charge in [0, 0.05) is 11.3 Å². The first kappa shape index (κ1) is 15.2. The Morgan fingerprint density at radius 3 is 2.48 bits per heavy atom. The van der Waals surface area contributed by atoms with Crippen LogP contribution in [-0.4, -0.2) is 5.91 Å². The molecule has 0 saturated carbocycles. The van der Waals surface area contributed by atoms with Crippen molar-refractivity contribution in [3.8, 4) is 0 Å². The van der Waals surface area contributed by atoms with Crippen molar-refractivity contribution in [3.05, 3.63) is 58.6 Å². The van der Waals surface area contributed by atoms with Crippen LogP contribution in [0.15, 0.2) is 42.5 Å². The van der Waals surface area contributed by atoms with Crippen molar-refractivity contribution in [2.45, 2.75) is 6.18 Å². The molecule has 2 aromatic rings. The van der Waals surface area contributed by atoms with Gasteiger partial charge in [-0.25, -0.2) is 0 Å². The van der Waals surface area contributed by atoms with Crippen LogP contribution in [0.3, 0.4) is 0 Å². The van der Waals surface area contributed by atoms with E-state index in [-0.39, 0.29) is 10.6 Å².